The van der Waals surface area contributed by atoms with E-state index >= 15 is 0 Å². The van der Waals surface area contributed by atoms with Crippen molar-refractivity contribution in [3.05, 3.63) is 63.2 Å². The SMILES string of the molecule is Nc1ccc(Cl)cc1C(=O)OCC(=O)NCCNc1ccc([N+](=O)[O-])cc1. The van der Waals surface area contributed by atoms with Crippen molar-refractivity contribution in [1.29, 1.82) is 0 Å². The number of rotatable bonds is 8. The molecule has 2 aromatic rings. The first kappa shape index (κ1) is 20.0. The Morgan fingerprint density at radius 1 is 1.15 bits per heavy atom. The maximum atomic E-state index is 11.9. The molecule has 0 atom stereocenters. The number of esters is 1. The molecule has 9 nitrogen and oxygen atoms in total. The molecule has 142 valence electrons. The predicted molar refractivity (Wildman–Crippen MR) is 101 cm³/mol. The highest BCUT2D eigenvalue weighted by atomic mass is 35.5. The van der Waals surface area contributed by atoms with E-state index in [0.29, 0.717) is 17.3 Å². The smallest absolute Gasteiger partial charge is 0.340 e. The zero-order valence-corrected chi connectivity index (χ0v) is 14.9. The van der Waals surface area contributed by atoms with Gasteiger partial charge in [-0.3, -0.25) is 14.9 Å². The van der Waals surface area contributed by atoms with Crippen molar-refractivity contribution in [2.45, 2.75) is 0 Å². The van der Waals surface area contributed by atoms with Gasteiger partial charge in [-0.1, -0.05) is 11.6 Å². The first-order chi connectivity index (χ1) is 12.9. The van der Waals surface area contributed by atoms with Crippen LogP contribution in [-0.2, 0) is 9.53 Å². The molecule has 0 spiro atoms. The lowest BCUT2D eigenvalue weighted by molar-refractivity contribution is -0.384. The third kappa shape index (κ3) is 6.15. The molecule has 0 bridgehead atoms. The van der Waals surface area contributed by atoms with Crippen LogP contribution in [0, 0.1) is 10.1 Å². The van der Waals surface area contributed by atoms with Gasteiger partial charge in [0.1, 0.15) is 0 Å². The summed E-state index contributed by atoms with van der Waals surface area (Å²) in [4.78, 5) is 33.7. The number of nitrogens with one attached hydrogen (secondary N) is 2. The van der Waals surface area contributed by atoms with E-state index in [4.69, 9.17) is 22.1 Å². The van der Waals surface area contributed by atoms with Crippen molar-refractivity contribution >= 4 is 40.5 Å². The zero-order chi connectivity index (χ0) is 19.8. The summed E-state index contributed by atoms with van der Waals surface area (Å²) >= 11 is 5.80. The molecule has 4 N–H and O–H groups in total. The van der Waals surface area contributed by atoms with E-state index in [0.717, 1.165) is 0 Å². The monoisotopic (exact) mass is 392 g/mol. The van der Waals surface area contributed by atoms with Crippen molar-refractivity contribution in [3.63, 3.8) is 0 Å². The second-order valence-electron chi connectivity index (χ2n) is 5.39. The minimum absolute atomic E-state index is 0.00370. The molecule has 0 fully saturated rings. The van der Waals surface area contributed by atoms with Gasteiger partial charge in [-0.25, -0.2) is 4.79 Å². The minimum atomic E-state index is -0.742. The van der Waals surface area contributed by atoms with Crippen molar-refractivity contribution in [2.75, 3.05) is 30.7 Å². The van der Waals surface area contributed by atoms with Crippen LogP contribution in [0.25, 0.3) is 0 Å². The van der Waals surface area contributed by atoms with Gasteiger partial charge in [-0.05, 0) is 30.3 Å². The van der Waals surface area contributed by atoms with E-state index in [-0.39, 0.29) is 23.5 Å². The lowest BCUT2D eigenvalue weighted by Crippen LogP contribution is -2.32. The third-order valence-corrected chi connectivity index (χ3v) is 3.66. The van der Waals surface area contributed by atoms with Gasteiger partial charge < -0.3 is 21.1 Å². The highest BCUT2D eigenvalue weighted by Gasteiger charge is 2.13. The van der Waals surface area contributed by atoms with E-state index < -0.39 is 23.4 Å². The summed E-state index contributed by atoms with van der Waals surface area (Å²) in [5.74, 6) is -1.22. The van der Waals surface area contributed by atoms with Crippen molar-refractivity contribution < 1.29 is 19.2 Å². The molecule has 2 aromatic carbocycles. The summed E-state index contributed by atoms with van der Waals surface area (Å²) in [6, 6.07) is 10.3. The van der Waals surface area contributed by atoms with Crippen LogP contribution in [0.2, 0.25) is 5.02 Å². The number of carbonyl (C=O) groups excluding carboxylic acids is 2. The van der Waals surface area contributed by atoms with E-state index in [1.807, 2.05) is 0 Å². The van der Waals surface area contributed by atoms with Gasteiger partial charge in [-0.15, -0.1) is 0 Å². The van der Waals surface area contributed by atoms with Crippen LogP contribution < -0.4 is 16.4 Å². The van der Waals surface area contributed by atoms with Crippen LogP contribution in [0.1, 0.15) is 10.4 Å². The minimum Gasteiger partial charge on any atom is -0.452 e. The fraction of sp³-hybridized carbons (Fsp3) is 0.176. The number of benzene rings is 2. The van der Waals surface area contributed by atoms with Crippen LogP contribution in [-0.4, -0.2) is 36.5 Å². The van der Waals surface area contributed by atoms with Gasteiger partial charge >= 0.3 is 5.97 Å². The highest BCUT2D eigenvalue weighted by molar-refractivity contribution is 6.31. The molecule has 2 rings (SSSR count). The molecule has 0 aliphatic carbocycles. The van der Waals surface area contributed by atoms with Crippen molar-refractivity contribution in [3.8, 4) is 0 Å². The molecule has 0 unspecified atom stereocenters. The molecule has 0 aliphatic rings. The standard InChI is InChI=1S/C17H17ClN4O5/c18-11-1-6-15(19)14(9-11)17(24)27-10-16(23)21-8-7-20-12-2-4-13(5-3-12)22(25)26/h1-6,9,20H,7-8,10,19H2,(H,21,23). The number of nitro benzene ring substituents is 1. The Labute approximate surface area is 159 Å². The van der Waals surface area contributed by atoms with Gasteiger partial charge in [0.15, 0.2) is 6.61 Å². The summed E-state index contributed by atoms with van der Waals surface area (Å²) in [7, 11) is 0. The molecule has 0 heterocycles. The van der Waals surface area contributed by atoms with E-state index in [2.05, 4.69) is 10.6 Å². The fourth-order valence-electron chi connectivity index (χ4n) is 2.07. The van der Waals surface area contributed by atoms with Crippen LogP contribution >= 0.6 is 11.6 Å². The largest absolute Gasteiger partial charge is 0.452 e. The Hall–Kier alpha value is -3.33. The van der Waals surface area contributed by atoms with Crippen molar-refractivity contribution in [2.24, 2.45) is 0 Å². The Balaban J connectivity index is 1.69. The molecule has 10 heteroatoms. The Bertz CT molecular complexity index is 842. The average molecular weight is 393 g/mol. The number of nitrogen functional groups attached to an aromatic ring is 1. The second kappa shape index (κ2) is 9.39. The number of carbonyl (C=O) groups is 2. The number of nitrogens with zero attached hydrogens (tertiary/aromatic N) is 1. The van der Waals surface area contributed by atoms with Gasteiger partial charge in [-0.2, -0.15) is 0 Å². The van der Waals surface area contributed by atoms with Gasteiger partial charge in [0, 0.05) is 41.6 Å². The summed E-state index contributed by atoms with van der Waals surface area (Å²) in [5.41, 5.74) is 6.64. The van der Waals surface area contributed by atoms with Gasteiger partial charge in [0.25, 0.3) is 11.6 Å². The number of amides is 1. The average Bonchev–Trinajstić information content (AvgIpc) is 2.65. The molecule has 0 aromatic heterocycles. The lowest BCUT2D eigenvalue weighted by Gasteiger charge is -2.09. The van der Waals surface area contributed by atoms with Crippen LogP contribution in [0.15, 0.2) is 42.5 Å². The second-order valence-corrected chi connectivity index (χ2v) is 5.82. The van der Waals surface area contributed by atoms with E-state index in [1.54, 1.807) is 12.1 Å². The number of non-ortho nitro benzene ring substituents is 1. The highest BCUT2D eigenvalue weighted by Crippen LogP contribution is 2.18. The number of ether oxygens (including phenoxy) is 1. The number of nitro groups is 1. The summed E-state index contributed by atoms with van der Waals surface area (Å²) in [5, 5.41) is 16.5. The lowest BCUT2D eigenvalue weighted by atomic mass is 10.2. The molecular formula is C17H17ClN4O5. The fourth-order valence-corrected chi connectivity index (χ4v) is 2.25. The summed E-state index contributed by atoms with van der Waals surface area (Å²) in [6.45, 7) is 0.202. The maximum Gasteiger partial charge on any atom is 0.340 e. The van der Waals surface area contributed by atoms with Crippen LogP contribution in [0.5, 0.6) is 0 Å². The Morgan fingerprint density at radius 3 is 2.52 bits per heavy atom. The number of halogens is 1. The van der Waals surface area contributed by atoms with E-state index in [9.17, 15) is 19.7 Å². The number of hydrogen-bond acceptors (Lipinski definition) is 7. The quantitative estimate of drug-likeness (QED) is 0.206. The molecule has 0 aliphatic heterocycles. The van der Waals surface area contributed by atoms with Crippen LogP contribution in [0.3, 0.4) is 0 Å². The normalized spacial score (nSPS) is 10.1. The maximum absolute atomic E-state index is 11.9. The molecule has 0 saturated heterocycles. The molecule has 0 saturated carbocycles. The Morgan fingerprint density at radius 2 is 1.85 bits per heavy atom. The predicted octanol–water partition coefficient (Wildman–Crippen LogP) is 2.22. The van der Waals surface area contributed by atoms with Crippen LogP contribution in [0.4, 0.5) is 17.1 Å². The first-order valence-electron chi connectivity index (χ1n) is 7.84. The molecule has 0 radical (unpaired) electrons. The topological polar surface area (TPSA) is 137 Å². The summed E-state index contributed by atoms with van der Waals surface area (Å²) < 4.78 is 4.90. The number of hydrogen-bond donors (Lipinski definition) is 3. The van der Waals surface area contributed by atoms with E-state index in [1.165, 1.54) is 30.3 Å². The molecule has 1 amide bonds. The molecular weight excluding hydrogens is 376 g/mol. The number of anilines is 2. The Kier molecular flexibility index (Phi) is 6.95. The third-order valence-electron chi connectivity index (χ3n) is 3.42. The first-order valence-corrected chi connectivity index (χ1v) is 8.22. The zero-order valence-electron chi connectivity index (χ0n) is 14.1. The molecule has 27 heavy (non-hydrogen) atoms. The van der Waals surface area contributed by atoms with Gasteiger partial charge in [0.2, 0.25) is 0 Å². The summed E-state index contributed by atoms with van der Waals surface area (Å²) in [6.07, 6.45) is 0. The number of nitrogens with two attached hydrogens (primary N) is 1. The van der Waals surface area contributed by atoms with Crippen molar-refractivity contribution in [1.82, 2.24) is 5.32 Å². The van der Waals surface area contributed by atoms with Gasteiger partial charge in [0.05, 0.1) is 10.5 Å².